The molecule has 126 valence electrons. The molecular formula is C16H18ClN5O2. The highest BCUT2D eigenvalue weighted by Gasteiger charge is 2.20. The van der Waals surface area contributed by atoms with Crippen LogP contribution < -0.4 is 16.8 Å². The molecule has 0 aliphatic rings. The van der Waals surface area contributed by atoms with Gasteiger partial charge in [0.25, 0.3) is 0 Å². The second-order valence-corrected chi connectivity index (χ2v) is 5.56. The van der Waals surface area contributed by atoms with E-state index in [4.69, 9.17) is 23.1 Å². The normalized spacial score (nSPS) is 11.0. The fourth-order valence-corrected chi connectivity index (χ4v) is 2.40. The number of benzene rings is 1. The molecule has 5 N–H and O–H groups in total. The van der Waals surface area contributed by atoms with Crippen molar-refractivity contribution in [2.45, 2.75) is 13.5 Å². The Kier molecular flexibility index (Phi) is 5.73. The first-order chi connectivity index (χ1) is 11.4. The Bertz CT molecular complexity index is 792. The quantitative estimate of drug-likeness (QED) is 0.419. The first-order valence-electron chi connectivity index (χ1n) is 7.22. The molecule has 0 atom stereocenters. The summed E-state index contributed by atoms with van der Waals surface area (Å²) in [4.78, 5) is 14.5. The monoisotopic (exact) mass is 347 g/mol. The number of aryl methyl sites for hydroxylation is 1. The van der Waals surface area contributed by atoms with Gasteiger partial charge in [-0.15, -0.1) is 0 Å². The number of hydrogen-bond donors (Lipinski definition) is 3. The number of aromatic nitrogens is 1. The summed E-state index contributed by atoms with van der Waals surface area (Å²) in [6, 6.07) is 7.14. The third-order valence-corrected chi connectivity index (χ3v) is 3.60. The van der Waals surface area contributed by atoms with Crippen LogP contribution in [0.4, 0.5) is 17.2 Å². The number of nitrogens with one attached hydrogen (secondary N) is 1. The fraction of sp³-hybridized carbons (Fsp3) is 0.188. The molecule has 8 heteroatoms. The predicted molar refractivity (Wildman–Crippen MR) is 96.9 cm³/mol. The predicted octanol–water partition coefficient (Wildman–Crippen LogP) is 3.12. The van der Waals surface area contributed by atoms with Gasteiger partial charge >= 0.3 is 5.69 Å². The molecule has 0 aliphatic heterocycles. The molecular weight excluding hydrogens is 330 g/mol. The van der Waals surface area contributed by atoms with Gasteiger partial charge < -0.3 is 16.8 Å². The number of nitrogens with zero attached hydrogens (tertiary/aromatic N) is 2. The molecule has 0 unspecified atom stereocenters. The maximum absolute atomic E-state index is 11.2. The second-order valence-electron chi connectivity index (χ2n) is 5.17. The topological polar surface area (TPSA) is 120 Å². The summed E-state index contributed by atoms with van der Waals surface area (Å²) in [6.45, 7) is 2.80. The highest BCUT2D eigenvalue weighted by atomic mass is 35.5. The van der Waals surface area contributed by atoms with E-state index in [0.717, 1.165) is 16.7 Å². The first kappa shape index (κ1) is 17.7. The van der Waals surface area contributed by atoms with Crippen LogP contribution in [0.1, 0.15) is 16.7 Å². The molecule has 0 fully saturated rings. The number of rotatable bonds is 6. The van der Waals surface area contributed by atoms with Gasteiger partial charge in [0, 0.05) is 19.2 Å². The Morgan fingerprint density at radius 2 is 2.17 bits per heavy atom. The average molecular weight is 348 g/mol. The van der Waals surface area contributed by atoms with Crippen LogP contribution in [-0.4, -0.2) is 16.5 Å². The van der Waals surface area contributed by atoms with Crippen LogP contribution >= 0.6 is 11.6 Å². The summed E-state index contributed by atoms with van der Waals surface area (Å²) >= 11 is 5.84. The Morgan fingerprint density at radius 3 is 2.83 bits per heavy atom. The molecule has 0 bridgehead atoms. The lowest BCUT2D eigenvalue weighted by atomic mass is 10.0. The van der Waals surface area contributed by atoms with Gasteiger partial charge in [-0.05, 0) is 29.7 Å². The lowest BCUT2D eigenvalue weighted by Gasteiger charge is -2.10. The minimum Gasteiger partial charge on any atom is -0.393 e. The van der Waals surface area contributed by atoms with Crippen molar-refractivity contribution < 1.29 is 4.92 Å². The van der Waals surface area contributed by atoms with Gasteiger partial charge in [-0.2, -0.15) is 0 Å². The smallest absolute Gasteiger partial charge is 0.334 e. The summed E-state index contributed by atoms with van der Waals surface area (Å²) in [5.74, 6) is 0.0459. The lowest BCUT2D eigenvalue weighted by molar-refractivity contribution is -0.383. The van der Waals surface area contributed by atoms with Crippen molar-refractivity contribution in [3.05, 3.63) is 62.3 Å². The highest BCUT2D eigenvalue weighted by Crippen LogP contribution is 2.31. The number of hydrogen-bond acceptors (Lipinski definition) is 6. The number of anilines is 2. The maximum Gasteiger partial charge on any atom is 0.334 e. The average Bonchev–Trinajstić information content (AvgIpc) is 2.51. The van der Waals surface area contributed by atoms with E-state index in [1.165, 1.54) is 6.07 Å². The summed E-state index contributed by atoms with van der Waals surface area (Å²) in [6.07, 6.45) is 3.81. The number of nitrogen functional groups attached to an aromatic ring is 1. The Hall–Kier alpha value is -2.64. The van der Waals surface area contributed by atoms with E-state index in [1.54, 1.807) is 0 Å². The molecule has 2 aromatic rings. The minimum absolute atomic E-state index is 0.0297. The highest BCUT2D eigenvalue weighted by molar-refractivity contribution is 6.30. The van der Waals surface area contributed by atoms with Crippen molar-refractivity contribution >= 4 is 34.9 Å². The molecule has 0 saturated carbocycles. The van der Waals surface area contributed by atoms with E-state index >= 15 is 0 Å². The van der Waals surface area contributed by atoms with E-state index in [9.17, 15) is 10.1 Å². The first-order valence-corrected chi connectivity index (χ1v) is 7.60. The van der Waals surface area contributed by atoms with Crippen molar-refractivity contribution in [2.75, 3.05) is 17.6 Å². The van der Waals surface area contributed by atoms with Crippen LogP contribution in [-0.2, 0) is 6.54 Å². The van der Waals surface area contributed by atoms with Crippen molar-refractivity contribution in [3.8, 4) is 0 Å². The van der Waals surface area contributed by atoms with Crippen LogP contribution in [0.25, 0.3) is 6.08 Å². The third-order valence-electron chi connectivity index (χ3n) is 3.41. The van der Waals surface area contributed by atoms with Gasteiger partial charge in [0.2, 0.25) is 5.82 Å². The molecule has 0 spiro atoms. The molecule has 24 heavy (non-hydrogen) atoms. The molecule has 0 aliphatic carbocycles. The number of nitrogens with two attached hydrogens (primary N) is 2. The van der Waals surface area contributed by atoms with Crippen molar-refractivity contribution in [1.29, 1.82) is 0 Å². The number of nitro groups is 1. The van der Waals surface area contributed by atoms with Gasteiger partial charge in [0.15, 0.2) is 0 Å². The largest absolute Gasteiger partial charge is 0.393 e. The molecule has 2 rings (SSSR count). The fourth-order valence-electron chi connectivity index (χ4n) is 2.20. The minimum atomic E-state index is -0.578. The van der Waals surface area contributed by atoms with Gasteiger partial charge in [-0.1, -0.05) is 35.9 Å². The summed E-state index contributed by atoms with van der Waals surface area (Å²) < 4.78 is 0. The Labute approximate surface area is 144 Å². The van der Waals surface area contributed by atoms with E-state index in [-0.39, 0.29) is 22.3 Å². The third kappa shape index (κ3) is 4.21. The second kappa shape index (κ2) is 7.76. The zero-order chi connectivity index (χ0) is 17.7. The molecule has 0 saturated heterocycles. The van der Waals surface area contributed by atoms with E-state index < -0.39 is 4.92 Å². The summed E-state index contributed by atoms with van der Waals surface area (Å²) in [5.41, 5.74) is 13.9. The van der Waals surface area contributed by atoms with Crippen LogP contribution in [0.3, 0.4) is 0 Å². The molecule has 0 amide bonds. The molecule has 1 aromatic heterocycles. The lowest BCUT2D eigenvalue weighted by Crippen LogP contribution is -2.07. The van der Waals surface area contributed by atoms with Gasteiger partial charge in [-0.3, -0.25) is 10.1 Å². The number of pyridine rings is 1. The molecule has 1 aromatic carbocycles. The Morgan fingerprint density at radius 1 is 1.42 bits per heavy atom. The van der Waals surface area contributed by atoms with Crippen LogP contribution in [0, 0.1) is 17.0 Å². The van der Waals surface area contributed by atoms with Gasteiger partial charge in [0.1, 0.15) is 10.8 Å². The molecule has 7 nitrogen and oxygen atoms in total. The van der Waals surface area contributed by atoms with E-state index in [1.807, 2.05) is 37.3 Å². The molecule has 1 heterocycles. The Balaban J connectivity index is 2.25. The zero-order valence-electron chi connectivity index (χ0n) is 13.1. The van der Waals surface area contributed by atoms with Gasteiger partial charge in [-0.25, -0.2) is 4.98 Å². The van der Waals surface area contributed by atoms with E-state index in [2.05, 4.69) is 10.3 Å². The maximum atomic E-state index is 11.2. The van der Waals surface area contributed by atoms with E-state index in [0.29, 0.717) is 13.1 Å². The standard InChI is InChI=1S/C16H18ClN5O2/c1-10-4-5-11(7-12(10)3-2-6-18)9-20-16-15(22(23)24)13(19)8-14(17)21-16/h2-5,7-8H,6,9,18H2,1H3,(H3,19,20,21)/b3-2-. The van der Waals surface area contributed by atoms with Crippen LogP contribution in [0.5, 0.6) is 0 Å². The molecule has 0 radical (unpaired) electrons. The van der Waals surface area contributed by atoms with Crippen LogP contribution in [0.15, 0.2) is 30.3 Å². The summed E-state index contributed by atoms with van der Waals surface area (Å²) in [5, 5.41) is 14.2. The zero-order valence-corrected chi connectivity index (χ0v) is 13.9. The van der Waals surface area contributed by atoms with Crippen molar-refractivity contribution in [2.24, 2.45) is 5.73 Å². The summed E-state index contributed by atoms with van der Waals surface area (Å²) in [7, 11) is 0. The van der Waals surface area contributed by atoms with Crippen molar-refractivity contribution in [3.63, 3.8) is 0 Å². The van der Waals surface area contributed by atoms with Crippen LogP contribution in [0.2, 0.25) is 5.15 Å². The SMILES string of the molecule is Cc1ccc(CNc2nc(Cl)cc(N)c2[N+](=O)[O-])cc1/C=C\CN. The van der Waals surface area contributed by atoms with Gasteiger partial charge in [0.05, 0.1) is 4.92 Å². The number of halogens is 1. The van der Waals surface area contributed by atoms with Crippen molar-refractivity contribution in [1.82, 2.24) is 4.98 Å².